The van der Waals surface area contributed by atoms with Crippen molar-refractivity contribution in [3.63, 3.8) is 0 Å². The molecule has 2 aromatic carbocycles. The number of nitrogens with two attached hydrogens (primary N) is 1. The van der Waals surface area contributed by atoms with E-state index in [4.69, 9.17) is 17.3 Å². The zero-order chi connectivity index (χ0) is 26.9. The molecule has 0 aliphatic rings. The Kier molecular flexibility index (Phi) is 14.3. The van der Waals surface area contributed by atoms with Gasteiger partial charge in [-0.3, -0.25) is 10.1 Å². The zero-order valence-electron chi connectivity index (χ0n) is 21.3. The fourth-order valence-electron chi connectivity index (χ4n) is 2.65. The first-order chi connectivity index (χ1) is 17.4. The Balaban J connectivity index is 0.00000154. The number of urea groups is 1. The maximum absolute atomic E-state index is 12.7. The summed E-state index contributed by atoms with van der Waals surface area (Å²) < 4.78 is 0. The molecule has 36 heavy (non-hydrogen) atoms. The lowest BCUT2D eigenvalue weighted by Gasteiger charge is -2.07. The average molecular weight is 528 g/mol. The van der Waals surface area contributed by atoms with Crippen LogP contribution in [-0.2, 0) is 6.54 Å². The van der Waals surface area contributed by atoms with Crippen LogP contribution in [0.25, 0.3) is 0 Å². The highest BCUT2D eigenvalue weighted by Gasteiger charge is 2.08. The second kappa shape index (κ2) is 16.9. The van der Waals surface area contributed by atoms with E-state index in [1.165, 1.54) is 17.5 Å². The summed E-state index contributed by atoms with van der Waals surface area (Å²) in [6, 6.07) is 18.9. The summed E-state index contributed by atoms with van der Waals surface area (Å²) in [5.74, 6) is -0.305. The molecular formula is C27H34ClN5O2S. The van der Waals surface area contributed by atoms with E-state index in [-0.39, 0.29) is 5.91 Å². The van der Waals surface area contributed by atoms with Gasteiger partial charge in [-0.2, -0.15) is 0 Å². The van der Waals surface area contributed by atoms with Crippen molar-refractivity contribution in [3.05, 3.63) is 94.0 Å². The molecule has 0 aliphatic heterocycles. The van der Waals surface area contributed by atoms with Crippen molar-refractivity contribution in [2.24, 2.45) is 0 Å². The first-order valence-electron chi connectivity index (χ1n) is 11.7. The molecule has 0 saturated carbocycles. The van der Waals surface area contributed by atoms with Gasteiger partial charge in [0.05, 0.1) is 10.7 Å². The second-order valence-corrected chi connectivity index (χ2v) is 8.38. The van der Waals surface area contributed by atoms with Crippen LogP contribution >= 0.6 is 22.9 Å². The number of para-hydroxylation sites is 1. The molecule has 5 N–H and O–H groups in total. The Morgan fingerprint density at radius 3 is 2.28 bits per heavy atom. The van der Waals surface area contributed by atoms with Crippen LogP contribution < -0.4 is 21.7 Å². The third kappa shape index (κ3) is 10.8. The summed E-state index contributed by atoms with van der Waals surface area (Å²) in [7, 11) is 0. The molecule has 7 nitrogen and oxygen atoms in total. The Morgan fingerprint density at radius 2 is 1.61 bits per heavy atom. The number of nitrogen functional groups attached to an aromatic ring is 1. The molecule has 0 atom stereocenters. The molecule has 3 aromatic rings. The van der Waals surface area contributed by atoms with Gasteiger partial charge in [0.1, 0.15) is 0 Å². The average Bonchev–Trinajstić information content (AvgIpc) is 2.97. The number of hydrogen-bond acceptors (Lipinski definition) is 5. The molecule has 1 aromatic heterocycles. The number of rotatable bonds is 5. The molecule has 0 saturated heterocycles. The van der Waals surface area contributed by atoms with Gasteiger partial charge in [0.2, 0.25) is 0 Å². The van der Waals surface area contributed by atoms with Crippen LogP contribution in [0.4, 0.5) is 21.3 Å². The van der Waals surface area contributed by atoms with Gasteiger partial charge in [0.25, 0.3) is 5.91 Å². The van der Waals surface area contributed by atoms with Gasteiger partial charge in [-0.15, -0.1) is 11.3 Å². The fourth-order valence-corrected chi connectivity index (χ4v) is 3.58. The quantitative estimate of drug-likeness (QED) is 0.258. The highest BCUT2D eigenvalue weighted by Crippen LogP contribution is 2.21. The van der Waals surface area contributed by atoms with E-state index < -0.39 is 6.03 Å². The van der Waals surface area contributed by atoms with Gasteiger partial charge in [-0.05, 0) is 55.0 Å². The Morgan fingerprint density at radius 1 is 0.944 bits per heavy atom. The lowest BCUT2D eigenvalue weighted by molar-refractivity contribution is 0.102. The third-order valence-corrected chi connectivity index (χ3v) is 5.38. The minimum Gasteiger partial charge on any atom is -0.399 e. The molecule has 9 heteroatoms. The van der Waals surface area contributed by atoms with Crippen molar-refractivity contribution >= 4 is 51.4 Å². The molecule has 1 heterocycles. The largest absolute Gasteiger partial charge is 0.399 e. The number of carbonyl (C=O) groups is 2. The maximum atomic E-state index is 12.7. The van der Waals surface area contributed by atoms with Gasteiger partial charge < -0.3 is 16.4 Å². The highest BCUT2D eigenvalue weighted by molar-refractivity contribution is 7.15. The summed E-state index contributed by atoms with van der Waals surface area (Å²) >= 11 is 7.36. The van der Waals surface area contributed by atoms with E-state index in [0.29, 0.717) is 33.6 Å². The first kappa shape index (κ1) is 30.4. The van der Waals surface area contributed by atoms with Crippen LogP contribution in [0.3, 0.4) is 0 Å². The second-order valence-electron chi connectivity index (χ2n) is 6.74. The van der Waals surface area contributed by atoms with Crippen molar-refractivity contribution in [1.82, 2.24) is 10.3 Å². The Hall–Kier alpha value is -3.62. The van der Waals surface area contributed by atoms with Gasteiger partial charge in [-0.1, -0.05) is 63.6 Å². The molecule has 0 unspecified atom stereocenters. The third-order valence-electron chi connectivity index (χ3n) is 4.21. The normalized spacial score (nSPS) is 9.28. The topological polar surface area (TPSA) is 109 Å². The number of aromatic nitrogens is 1. The van der Waals surface area contributed by atoms with Crippen LogP contribution in [0, 0.1) is 6.92 Å². The molecule has 0 bridgehead atoms. The molecule has 3 rings (SSSR count). The van der Waals surface area contributed by atoms with Crippen molar-refractivity contribution < 1.29 is 9.59 Å². The van der Waals surface area contributed by atoms with Crippen LogP contribution in [-0.4, -0.2) is 16.9 Å². The Bertz CT molecular complexity index is 1160. The number of aryl methyl sites for hydroxylation is 1. The predicted octanol–water partition coefficient (Wildman–Crippen LogP) is 7.44. The van der Waals surface area contributed by atoms with Gasteiger partial charge >= 0.3 is 6.03 Å². The highest BCUT2D eigenvalue weighted by atomic mass is 35.5. The van der Waals surface area contributed by atoms with E-state index in [2.05, 4.69) is 20.9 Å². The predicted molar refractivity (Wildman–Crippen MR) is 153 cm³/mol. The lowest BCUT2D eigenvalue weighted by atomic mass is 10.2. The van der Waals surface area contributed by atoms with Crippen LogP contribution in [0.1, 0.15) is 48.5 Å². The number of hydrogen-bond donors (Lipinski definition) is 4. The summed E-state index contributed by atoms with van der Waals surface area (Å²) in [4.78, 5) is 30.0. The summed E-state index contributed by atoms with van der Waals surface area (Å²) in [6.07, 6.45) is 1.51. The standard InChI is InChI=1S/C23H22ClN5O2S.2C2H6/c1-15-13-17(21(30)28-20-7-3-2-6-19(20)24)5-4-12-26-23(32-15)29-22(31)27-14-16-8-10-18(25)11-9-16;2*1-2/h2-13H,14,25H2,1H3,(H,28,30)(H2,26,27,29,31);2*1-2H3. The van der Waals surface area contributed by atoms with E-state index >= 15 is 0 Å². The van der Waals surface area contributed by atoms with E-state index in [1.807, 2.05) is 46.8 Å². The van der Waals surface area contributed by atoms with Crippen molar-refractivity contribution in [2.75, 3.05) is 16.4 Å². The Labute approximate surface area is 222 Å². The number of anilines is 3. The molecule has 0 aliphatic carbocycles. The molecule has 0 radical (unpaired) electrons. The van der Waals surface area contributed by atoms with Crippen molar-refractivity contribution in [2.45, 2.75) is 41.2 Å². The minimum atomic E-state index is -0.391. The van der Waals surface area contributed by atoms with Gasteiger partial charge in [0, 0.05) is 28.9 Å². The van der Waals surface area contributed by atoms with E-state index in [0.717, 1.165) is 10.4 Å². The van der Waals surface area contributed by atoms with Crippen LogP contribution in [0.2, 0.25) is 5.02 Å². The van der Waals surface area contributed by atoms with Crippen LogP contribution in [0.5, 0.6) is 0 Å². The molecule has 3 amide bonds. The van der Waals surface area contributed by atoms with Crippen LogP contribution in [0.15, 0.2) is 72.9 Å². The number of nitrogens with zero attached hydrogens (tertiary/aromatic N) is 1. The van der Waals surface area contributed by atoms with Gasteiger partial charge in [-0.25, -0.2) is 9.78 Å². The maximum Gasteiger partial charge on any atom is 0.321 e. The minimum absolute atomic E-state index is 0.305. The van der Waals surface area contributed by atoms with E-state index in [9.17, 15) is 9.59 Å². The number of halogens is 1. The summed E-state index contributed by atoms with van der Waals surface area (Å²) in [6.45, 7) is 10.2. The summed E-state index contributed by atoms with van der Waals surface area (Å²) in [5.41, 5.74) is 8.21. The number of nitrogens with one attached hydrogen (secondary N) is 3. The summed E-state index contributed by atoms with van der Waals surface area (Å²) in [5, 5.41) is 9.13. The number of carbonyl (C=O) groups excluding carboxylic acids is 2. The van der Waals surface area contributed by atoms with Crippen molar-refractivity contribution in [1.29, 1.82) is 0 Å². The molecule has 192 valence electrons. The number of benzene rings is 2. The molecule has 0 fully saturated rings. The molecular weight excluding hydrogens is 494 g/mol. The van der Waals surface area contributed by atoms with Crippen molar-refractivity contribution in [3.8, 4) is 0 Å². The lowest BCUT2D eigenvalue weighted by Crippen LogP contribution is -2.28. The number of amides is 3. The van der Waals surface area contributed by atoms with Gasteiger partial charge in [0.15, 0.2) is 5.13 Å². The smallest absolute Gasteiger partial charge is 0.321 e. The first-order valence-corrected chi connectivity index (χ1v) is 12.9. The van der Waals surface area contributed by atoms with E-state index in [1.54, 1.807) is 54.6 Å². The molecule has 0 spiro atoms. The monoisotopic (exact) mass is 527 g/mol. The zero-order valence-corrected chi connectivity index (χ0v) is 22.8. The SMILES string of the molecule is CC.CC.Cc1cc(C(=O)Nc2ccccc2Cl)cccnc(NC(=O)NCc2ccc(N)cc2)s1. The fraction of sp³-hybridized carbons (Fsp3) is 0.222.